The smallest absolute Gasteiger partial charge is 0.243 e. The van der Waals surface area contributed by atoms with Crippen LogP contribution in [0.25, 0.3) is 0 Å². The maximum absolute atomic E-state index is 12.3. The summed E-state index contributed by atoms with van der Waals surface area (Å²) in [7, 11) is -3.46. The van der Waals surface area contributed by atoms with Crippen molar-refractivity contribution < 1.29 is 13.5 Å². The Labute approximate surface area is 108 Å². The molecule has 1 N–H and O–H groups in total. The van der Waals surface area contributed by atoms with E-state index in [2.05, 4.69) is 0 Å². The fourth-order valence-electron chi connectivity index (χ4n) is 2.15. The van der Waals surface area contributed by atoms with Gasteiger partial charge in [0.15, 0.2) is 0 Å². The predicted octanol–water partition coefficient (Wildman–Crippen LogP) is 1.39. The number of rotatable bonds is 3. The summed E-state index contributed by atoms with van der Waals surface area (Å²) in [5.41, 5.74) is 0.207. The van der Waals surface area contributed by atoms with Gasteiger partial charge >= 0.3 is 0 Å². The van der Waals surface area contributed by atoms with Gasteiger partial charge in [0, 0.05) is 13.1 Å². The minimum absolute atomic E-state index is 0.171. The Bertz CT molecular complexity index is 520. The molecule has 0 radical (unpaired) electrons. The van der Waals surface area contributed by atoms with Crippen molar-refractivity contribution in [3.05, 3.63) is 29.8 Å². The number of hydrogen-bond acceptors (Lipinski definition) is 3. The maximum atomic E-state index is 12.3. The fraction of sp³-hybridized carbons (Fsp3) is 0.538. The van der Waals surface area contributed by atoms with Gasteiger partial charge in [-0.3, -0.25) is 0 Å². The van der Waals surface area contributed by atoms with Crippen LogP contribution in [-0.4, -0.2) is 36.5 Å². The number of benzene rings is 1. The fourth-order valence-corrected chi connectivity index (χ4v) is 3.71. The molecule has 1 unspecified atom stereocenters. The van der Waals surface area contributed by atoms with Crippen molar-refractivity contribution in [3.8, 4) is 0 Å². The van der Waals surface area contributed by atoms with Crippen LogP contribution in [0.4, 0.5) is 0 Å². The zero-order valence-electron chi connectivity index (χ0n) is 10.8. The van der Waals surface area contributed by atoms with Crippen LogP contribution in [0.2, 0.25) is 0 Å². The molecule has 0 spiro atoms. The van der Waals surface area contributed by atoms with Crippen molar-refractivity contribution >= 4 is 10.0 Å². The second kappa shape index (κ2) is 4.64. The van der Waals surface area contributed by atoms with Gasteiger partial charge in [0.25, 0.3) is 0 Å². The monoisotopic (exact) mass is 269 g/mol. The number of β-amino-alcohol motifs (C(OH)–C–C–N with tert-alkyl or cyclic N) is 1. The minimum atomic E-state index is -3.46. The van der Waals surface area contributed by atoms with E-state index in [1.807, 2.05) is 19.1 Å². The van der Waals surface area contributed by atoms with Gasteiger partial charge in [-0.2, -0.15) is 4.31 Å². The predicted molar refractivity (Wildman–Crippen MR) is 69.8 cm³/mol. The molecule has 0 amide bonds. The summed E-state index contributed by atoms with van der Waals surface area (Å²) in [5.74, 6) is 0. The summed E-state index contributed by atoms with van der Waals surface area (Å²) in [4.78, 5) is 0.303. The number of aliphatic hydroxyl groups is 1. The Kier molecular flexibility index (Phi) is 3.49. The lowest BCUT2D eigenvalue weighted by molar-refractivity contribution is 0.0762. The molecule has 0 bridgehead atoms. The lowest BCUT2D eigenvalue weighted by Crippen LogP contribution is -2.33. The maximum Gasteiger partial charge on any atom is 0.243 e. The van der Waals surface area contributed by atoms with Crippen molar-refractivity contribution in [3.63, 3.8) is 0 Å². The summed E-state index contributed by atoms with van der Waals surface area (Å²) in [6.45, 7) is 4.25. The Balaban J connectivity index is 2.25. The van der Waals surface area contributed by atoms with Crippen molar-refractivity contribution in [1.82, 2.24) is 4.31 Å². The van der Waals surface area contributed by atoms with E-state index in [4.69, 9.17) is 0 Å². The van der Waals surface area contributed by atoms with Crippen LogP contribution in [0.5, 0.6) is 0 Å². The van der Waals surface area contributed by atoms with Crippen LogP contribution in [-0.2, 0) is 16.4 Å². The molecule has 1 aliphatic heterocycles. The van der Waals surface area contributed by atoms with Gasteiger partial charge < -0.3 is 5.11 Å². The zero-order valence-corrected chi connectivity index (χ0v) is 11.6. The highest BCUT2D eigenvalue weighted by molar-refractivity contribution is 7.89. The number of aryl methyl sites for hydroxylation is 1. The van der Waals surface area contributed by atoms with E-state index in [1.54, 1.807) is 19.1 Å². The standard InChI is InChI=1S/C13H19NO3S/c1-3-11-4-6-12(7-5-11)18(16,17)14-9-8-13(2,15)10-14/h4-7,15H,3,8-10H2,1-2H3. The van der Waals surface area contributed by atoms with Crippen molar-refractivity contribution in [2.24, 2.45) is 0 Å². The normalized spacial score (nSPS) is 25.5. The van der Waals surface area contributed by atoms with Gasteiger partial charge in [0.2, 0.25) is 10.0 Å². The van der Waals surface area contributed by atoms with Crippen LogP contribution in [0.1, 0.15) is 25.8 Å². The molecule has 18 heavy (non-hydrogen) atoms. The van der Waals surface area contributed by atoms with Crippen LogP contribution in [0.15, 0.2) is 29.2 Å². The highest BCUT2D eigenvalue weighted by atomic mass is 32.2. The molecule has 0 saturated carbocycles. The van der Waals surface area contributed by atoms with Gasteiger partial charge in [0.05, 0.1) is 10.5 Å². The number of sulfonamides is 1. The molecule has 2 rings (SSSR count). The van der Waals surface area contributed by atoms with E-state index in [0.29, 0.717) is 17.9 Å². The van der Waals surface area contributed by atoms with Gasteiger partial charge in [-0.1, -0.05) is 19.1 Å². The van der Waals surface area contributed by atoms with Crippen molar-refractivity contribution in [2.45, 2.75) is 37.2 Å². The first-order chi connectivity index (χ1) is 8.35. The zero-order chi connectivity index (χ0) is 13.4. The molecule has 0 aromatic heterocycles. The van der Waals surface area contributed by atoms with Gasteiger partial charge in [-0.05, 0) is 37.5 Å². The molecule has 1 atom stereocenters. The van der Waals surface area contributed by atoms with Gasteiger partial charge in [-0.25, -0.2) is 8.42 Å². The molecule has 1 fully saturated rings. The number of hydrogen-bond donors (Lipinski definition) is 1. The first-order valence-electron chi connectivity index (χ1n) is 6.17. The molecule has 1 aromatic carbocycles. The molecule has 0 aliphatic carbocycles. The second-order valence-electron chi connectivity index (χ2n) is 5.08. The average molecular weight is 269 g/mol. The molecular weight excluding hydrogens is 250 g/mol. The molecule has 100 valence electrons. The lowest BCUT2D eigenvalue weighted by Gasteiger charge is -2.19. The Morgan fingerprint density at radius 2 is 1.94 bits per heavy atom. The molecule has 5 heteroatoms. The second-order valence-corrected chi connectivity index (χ2v) is 7.02. The van der Waals surface area contributed by atoms with E-state index in [1.165, 1.54) is 4.31 Å². The van der Waals surface area contributed by atoms with E-state index in [0.717, 1.165) is 12.0 Å². The molecule has 1 saturated heterocycles. The topological polar surface area (TPSA) is 57.6 Å². The first kappa shape index (κ1) is 13.5. The quantitative estimate of drug-likeness (QED) is 0.902. The Hall–Kier alpha value is -0.910. The van der Waals surface area contributed by atoms with Crippen molar-refractivity contribution in [1.29, 1.82) is 0 Å². The molecular formula is C13H19NO3S. The lowest BCUT2D eigenvalue weighted by atomic mass is 10.1. The summed E-state index contributed by atoms with van der Waals surface area (Å²) in [6.07, 6.45) is 1.37. The number of nitrogens with zero attached hydrogens (tertiary/aromatic N) is 1. The van der Waals surface area contributed by atoms with E-state index in [-0.39, 0.29) is 6.54 Å². The summed E-state index contributed by atoms with van der Waals surface area (Å²) in [5, 5.41) is 9.85. The van der Waals surface area contributed by atoms with Gasteiger partial charge in [0.1, 0.15) is 0 Å². The minimum Gasteiger partial charge on any atom is -0.389 e. The first-order valence-corrected chi connectivity index (χ1v) is 7.61. The SMILES string of the molecule is CCc1ccc(S(=O)(=O)N2CCC(C)(O)C2)cc1. The Morgan fingerprint density at radius 1 is 1.33 bits per heavy atom. The third-order valence-electron chi connectivity index (χ3n) is 3.39. The van der Waals surface area contributed by atoms with E-state index in [9.17, 15) is 13.5 Å². The summed E-state index contributed by atoms with van der Waals surface area (Å²) >= 11 is 0. The largest absolute Gasteiger partial charge is 0.389 e. The van der Waals surface area contributed by atoms with Crippen molar-refractivity contribution in [2.75, 3.05) is 13.1 Å². The summed E-state index contributed by atoms with van der Waals surface area (Å²) < 4.78 is 26.0. The Morgan fingerprint density at radius 3 is 2.39 bits per heavy atom. The molecule has 1 heterocycles. The average Bonchev–Trinajstić information content (AvgIpc) is 2.70. The molecule has 1 aliphatic rings. The summed E-state index contributed by atoms with van der Waals surface area (Å²) in [6, 6.07) is 6.95. The van der Waals surface area contributed by atoms with Crippen LogP contribution < -0.4 is 0 Å². The third-order valence-corrected chi connectivity index (χ3v) is 5.25. The van der Waals surface area contributed by atoms with Gasteiger partial charge in [-0.15, -0.1) is 0 Å². The van der Waals surface area contributed by atoms with Crippen LogP contribution in [0.3, 0.4) is 0 Å². The van der Waals surface area contributed by atoms with Crippen LogP contribution in [0, 0.1) is 0 Å². The molecule has 4 nitrogen and oxygen atoms in total. The van der Waals surface area contributed by atoms with Crippen LogP contribution >= 0.6 is 0 Å². The third kappa shape index (κ3) is 2.58. The highest BCUT2D eigenvalue weighted by Crippen LogP contribution is 2.26. The highest BCUT2D eigenvalue weighted by Gasteiger charge is 2.38. The van der Waals surface area contributed by atoms with E-state index >= 15 is 0 Å². The van der Waals surface area contributed by atoms with E-state index < -0.39 is 15.6 Å². The molecule has 1 aromatic rings.